The molecule has 0 saturated carbocycles. The summed E-state index contributed by atoms with van der Waals surface area (Å²) in [5, 5.41) is 0. The molecule has 1 aliphatic carbocycles. The molecule has 5 nitrogen and oxygen atoms in total. The van der Waals surface area contributed by atoms with Gasteiger partial charge in [0.2, 0.25) is 0 Å². The number of halogens is 3. The molecule has 0 N–H and O–H groups in total. The van der Waals surface area contributed by atoms with Gasteiger partial charge in [-0.15, -0.1) is 0 Å². The summed E-state index contributed by atoms with van der Waals surface area (Å²) in [7, 11) is 1.86. The Hall–Kier alpha value is -2.64. The van der Waals surface area contributed by atoms with Crippen molar-refractivity contribution in [1.82, 2.24) is 0 Å². The number of hydrogen-bond acceptors (Lipinski definition) is 5. The summed E-state index contributed by atoms with van der Waals surface area (Å²) in [6, 6.07) is 5.88. The Labute approximate surface area is 141 Å². The first-order valence-corrected chi connectivity index (χ1v) is 7.21. The van der Waals surface area contributed by atoms with E-state index in [1.165, 1.54) is 12.1 Å². The average Bonchev–Trinajstić information content (AvgIpc) is 2.52. The SMILES string of the molecule is COC(=O)C1=C(C(F)(F)F)[C@H](C(=O)c2ccc(C)cc2)[C@H]1C(=O)OC. The van der Waals surface area contributed by atoms with Crippen LogP contribution in [0.25, 0.3) is 0 Å². The normalized spacial score (nSPS) is 19.9. The maximum absolute atomic E-state index is 13.4. The van der Waals surface area contributed by atoms with Crippen LogP contribution in [0, 0.1) is 18.8 Å². The van der Waals surface area contributed by atoms with Gasteiger partial charge in [-0.2, -0.15) is 13.2 Å². The smallest absolute Gasteiger partial charge is 0.413 e. The van der Waals surface area contributed by atoms with Crippen molar-refractivity contribution in [3.05, 3.63) is 46.5 Å². The minimum atomic E-state index is -4.96. The van der Waals surface area contributed by atoms with Gasteiger partial charge in [0, 0.05) is 5.56 Å². The van der Waals surface area contributed by atoms with E-state index in [1.807, 2.05) is 0 Å². The molecule has 8 heteroatoms. The second-order valence-corrected chi connectivity index (χ2v) is 5.53. The largest absolute Gasteiger partial charge is 0.469 e. The van der Waals surface area contributed by atoms with Gasteiger partial charge in [0.1, 0.15) is 5.92 Å². The first kappa shape index (κ1) is 18.7. The Morgan fingerprint density at radius 3 is 1.96 bits per heavy atom. The zero-order chi connectivity index (χ0) is 18.9. The number of carbonyl (C=O) groups excluding carboxylic acids is 3. The zero-order valence-corrected chi connectivity index (χ0v) is 13.6. The maximum atomic E-state index is 13.4. The standard InChI is InChI=1S/C17H15F3O5/c1-8-4-6-9(7-5-8)14(21)11-10(15(22)24-2)12(16(23)25-3)13(11)17(18,19)20/h4-7,10-11H,1-3H3/t10-,11-/m1/s1. The van der Waals surface area contributed by atoms with E-state index in [1.54, 1.807) is 19.1 Å². The molecule has 2 rings (SSSR count). The van der Waals surface area contributed by atoms with E-state index in [0.29, 0.717) is 0 Å². The number of benzene rings is 1. The van der Waals surface area contributed by atoms with Crippen LogP contribution in [0.15, 0.2) is 35.4 Å². The van der Waals surface area contributed by atoms with Crippen LogP contribution < -0.4 is 0 Å². The van der Waals surface area contributed by atoms with Gasteiger partial charge in [-0.05, 0) is 6.92 Å². The average molecular weight is 356 g/mol. The monoisotopic (exact) mass is 356 g/mol. The number of alkyl halides is 3. The summed E-state index contributed by atoms with van der Waals surface area (Å²) in [6.07, 6.45) is -4.96. The predicted octanol–water partition coefficient (Wildman–Crippen LogP) is 2.63. The molecule has 0 bridgehead atoms. The van der Waals surface area contributed by atoms with Crippen molar-refractivity contribution >= 4 is 17.7 Å². The van der Waals surface area contributed by atoms with E-state index >= 15 is 0 Å². The third kappa shape index (κ3) is 3.29. The van der Waals surface area contributed by atoms with Gasteiger partial charge in [-0.1, -0.05) is 29.8 Å². The first-order valence-electron chi connectivity index (χ1n) is 7.21. The Morgan fingerprint density at radius 2 is 1.52 bits per heavy atom. The van der Waals surface area contributed by atoms with Crippen LogP contribution in [0.4, 0.5) is 13.2 Å². The van der Waals surface area contributed by atoms with Crippen LogP contribution in [0.3, 0.4) is 0 Å². The summed E-state index contributed by atoms with van der Waals surface area (Å²) in [5.74, 6) is -6.81. The van der Waals surface area contributed by atoms with Crippen molar-refractivity contribution in [2.45, 2.75) is 13.1 Å². The Kier molecular flexibility index (Phi) is 5.01. The van der Waals surface area contributed by atoms with Gasteiger partial charge in [0.05, 0.1) is 31.3 Å². The van der Waals surface area contributed by atoms with Gasteiger partial charge in [0.25, 0.3) is 0 Å². The lowest BCUT2D eigenvalue weighted by Gasteiger charge is -2.38. The molecule has 0 aromatic heterocycles. The number of allylic oxidation sites excluding steroid dienone is 1. The zero-order valence-electron chi connectivity index (χ0n) is 13.6. The molecule has 0 fully saturated rings. The minimum absolute atomic E-state index is 0.00942. The van der Waals surface area contributed by atoms with E-state index in [9.17, 15) is 27.6 Å². The lowest BCUT2D eigenvalue weighted by molar-refractivity contribution is -0.154. The third-order valence-corrected chi connectivity index (χ3v) is 4.03. The van der Waals surface area contributed by atoms with Gasteiger partial charge >= 0.3 is 18.1 Å². The lowest BCUT2D eigenvalue weighted by atomic mass is 9.64. The number of Topliss-reactive ketones (excluding diaryl/α,β-unsaturated/α-hetero) is 1. The molecule has 25 heavy (non-hydrogen) atoms. The molecule has 2 atom stereocenters. The molecule has 0 unspecified atom stereocenters. The lowest BCUT2D eigenvalue weighted by Crippen LogP contribution is -2.49. The highest BCUT2D eigenvalue weighted by Gasteiger charge is 2.61. The van der Waals surface area contributed by atoms with Crippen LogP contribution in [0.1, 0.15) is 15.9 Å². The Balaban J connectivity index is 2.57. The van der Waals surface area contributed by atoms with E-state index < -0.39 is 46.9 Å². The minimum Gasteiger partial charge on any atom is -0.469 e. The molecular formula is C17H15F3O5. The van der Waals surface area contributed by atoms with Crippen LogP contribution in [-0.4, -0.2) is 38.1 Å². The van der Waals surface area contributed by atoms with Crippen molar-refractivity contribution in [1.29, 1.82) is 0 Å². The summed E-state index contributed by atoms with van der Waals surface area (Å²) in [5.41, 5.74) is -1.42. The van der Waals surface area contributed by atoms with Crippen molar-refractivity contribution in [2.75, 3.05) is 14.2 Å². The molecule has 134 valence electrons. The van der Waals surface area contributed by atoms with Gasteiger partial charge in [-0.3, -0.25) is 9.59 Å². The third-order valence-electron chi connectivity index (χ3n) is 4.03. The fraction of sp³-hybridized carbons (Fsp3) is 0.353. The summed E-state index contributed by atoms with van der Waals surface area (Å²) in [4.78, 5) is 36.2. The molecule has 0 saturated heterocycles. The maximum Gasteiger partial charge on any atom is 0.413 e. The molecule has 1 aliphatic rings. The highest BCUT2D eigenvalue weighted by Crippen LogP contribution is 2.51. The van der Waals surface area contributed by atoms with E-state index in [-0.39, 0.29) is 5.56 Å². The second-order valence-electron chi connectivity index (χ2n) is 5.53. The number of aryl methyl sites for hydroxylation is 1. The molecule has 0 radical (unpaired) electrons. The number of carbonyl (C=O) groups is 3. The fourth-order valence-corrected chi connectivity index (χ4v) is 2.81. The van der Waals surface area contributed by atoms with Gasteiger partial charge in [0.15, 0.2) is 5.78 Å². The van der Waals surface area contributed by atoms with Crippen LogP contribution in [-0.2, 0) is 19.1 Å². The van der Waals surface area contributed by atoms with Crippen molar-refractivity contribution in [2.24, 2.45) is 11.8 Å². The number of esters is 2. The number of ketones is 1. The highest BCUT2D eigenvalue weighted by atomic mass is 19.4. The molecule has 1 aromatic rings. The van der Waals surface area contributed by atoms with Crippen LogP contribution >= 0.6 is 0 Å². The van der Waals surface area contributed by atoms with Gasteiger partial charge < -0.3 is 9.47 Å². The van der Waals surface area contributed by atoms with Crippen LogP contribution in [0.5, 0.6) is 0 Å². The number of ether oxygens (including phenoxy) is 2. The molecule has 0 heterocycles. The molecule has 1 aromatic carbocycles. The first-order chi connectivity index (χ1) is 11.6. The van der Waals surface area contributed by atoms with Crippen molar-refractivity contribution in [3.8, 4) is 0 Å². The summed E-state index contributed by atoms with van der Waals surface area (Å²) < 4.78 is 49.0. The van der Waals surface area contributed by atoms with Crippen molar-refractivity contribution < 1.29 is 37.0 Å². The van der Waals surface area contributed by atoms with Crippen molar-refractivity contribution in [3.63, 3.8) is 0 Å². The second kappa shape index (κ2) is 6.70. The predicted molar refractivity (Wildman–Crippen MR) is 79.6 cm³/mol. The fourth-order valence-electron chi connectivity index (χ4n) is 2.81. The number of hydrogen-bond donors (Lipinski definition) is 0. The molecule has 0 aliphatic heterocycles. The van der Waals surface area contributed by atoms with Crippen LogP contribution in [0.2, 0.25) is 0 Å². The highest BCUT2D eigenvalue weighted by molar-refractivity contribution is 6.10. The molecule has 0 amide bonds. The Morgan fingerprint density at radius 1 is 0.960 bits per heavy atom. The summed E-state index contributed by atoms with van der Waals surface area (Å²) in [6.45, 7) is 1.76. The Bertz CT molecular complexity index is 747. The van der Waals surface area contributed by atoms with E-state index in [4.69, 9.17) is 0 Å². The molecular weight excluding hydrogens is 341 g/mol. The molecule has 0 spiro atoms. The van der Waals surface area contributed by atoms with E-state index in [2.05, 4.69) is 9.47 Å². The topological polar surface area (TPSA) is 69.7 Å². The number of methoxy groups -OCH3 is 2. The van der Waals surface area contributed by atoms with E-state index in [0.717, 1.165) is 19.8 Å². The number of rotatable bonds is 4. The van der Waals surface area contributed by atoms with Gasteiger partial charge in [-0.25, -0.2) is 4.79 Å². The quantitative estimate of drug-likeness (QED) is 0.613. The summed E-state index contributed by atoms with van der Waals surface area (Å²) >= 11 is 0.